The number of likely N-dealkylation sites (tertiary alicyclic amines) is 1. The number of carbonyl (C=O) groups is 2. The predicted molar refractivity (Wildman–Crippen MR) is 122 cm³/mol. The number of rotatable bonds is 6. The van der Waals surface area contributed by atoms with Crippen LogP contribution < -0.4 is 5.32 Å². The highest BCUT2D eigenvalue weighted by Crippen LogP contribution is 2.32. The molecule has 1 saturated heterocycles. The molecule has 0 aliphatic carbocycles. The Balaban J connectivity index is 1.98. The third-order valence-corrected chi connectivity index (χ3v) is 6.00. The standard InChI is InChI=1S/C24H29F3N4O2/c1-5-17(13-16(4)24(25,26)27)22(33)29-23-28-19-12-15(3)9-10-20(19)31(23)18-8-7-11-30(14-18)21(32)6-2/h6,9-10,12-13,17-18H,2,5,7-8,11,14H2,1,3-4H3,(H,28,29,33)/b16-13+/t17?,18-/m0/s1. The van der Waals surface area contributed by atoms with Crippen molar-refractivity contribution in [2.75, 3.05) is 18.4 Å². The summed E-state index contributed by atoms with van der Waals surface area (Å²) in [5.41, 5.74) is 1.66. The van der Waals surface area contributed by atoms with E-state index in [1.807, 2.05) is 29.7 Å². The highest BCUT2D eigenvalue weighted by Gasteiger charge is 2.32. The number of fused-ring (bicyclic) bond motifs is 1. The molecule has 2 aromatic rings. The number of nitrogens with one attached hydrogen (secondary N) is 1. The zero-order valence-corrected chi connectivity index (χ0v) is 19.1. The average Bonchev–Trinajstić information content (AvgIpc) is 3.12. The number of amides is 2. The molecule has 178 valence electrons. The molecule has 2 amide bonds. The molecule has 6 nitrogen and oxygen atoms in total. The maximum atomic E-state index is 13.0. The van der Waals surface area contributed by atoms with Gasteiger partial charge in [0, 0.05) is 18.7 Å². The minimum atomic E-state index is -4.48. The van der Waals surface area contributed by atoms with Crippen molar-refractivity contribution in [2.45, 2.75) is 52.3 Å². The number of aryl methyl sites for hydroxylation is 1. The summed E-state index contributed by atoms with van der Waals surface area (Å²) in [6.07, 6.45) is -0.494. The molecule has 3 rings (SSSR count). The fourth-order valence-corrected chi connectivity index (χ4v) is 4.14. The molecule has 1 aliphatic rings. The Morgan fingerprint density at radius 2 is 2.09 bits per heavy atom. The first-order chi connectivity index (χ1) is 15.5. The lowest BCUT2D eigenvalue weighted by atomic mass is 10.0. The summed E-state index contributed by atoms with van der Waals surface area (Å²) < 4.78 is 40.9. The van der Waals surface area contributed by atoms with Gasteiger partial charge in [0.05, 0.1) is 23.0 Å². The van der Waals surface area contributed by atoms with Crippen molar-refractivity contribution < 1.29 is 22.8 Å². The lowest BCUT2D eigenvalue weighted by molar-refractivity contribution is -0.127. The van der Waals surface area contributed by atoms with Gasteiger partial charge in [-0.25, -0.2) is 4.98 Å². The largest absolute Gasteiger partial charge is 0.412 e. The molecule has 1 fully saturated rings. The molecule has 1 aromatic heterocycles. The first-order valence-corrected chi connectivity index (χ1v) is 11.0. The van der Waals surface area contributed by atoms with Gasteiger partial charge in [-0.2, -0.15) is 13.2 Å². The molecule has 0 saturated carbocycles. The first-order valence-electron chi connectivity index (χ1n) is 11.0. The molecular formula is C24H29F3N4O2. The molecule has 1 aromatic carbocycles. The fourth-order valence-electron chi connectivity index (χ4n) is 4.14. The second-order valence-corrected chi connectivity index (χ2v) is 8.43. The van der Waals surface area contributed by atoms with Gasteiger partial charge < -0.3 is 9.47 Å². The van der Waals surface area contributed by atoms with Crippen molar-refractivity contribution in [1.82, 2.24) is 14.5 Å². The lowest BCUT2D eigenvalue weighted by Gasteiger charge is -2.34. The number of carbonyl (C=O) groups excluding carboxylic acids is 2. The van der Waals surface area contributed by atoms with Crippen molar-refractivity contribution >= 4 is 28.8 Å². The normalized spacial score (nSPS) is 18.3. The summed E-state index contributed by atoms with van der Waals surface area (Å²) in [5.74, 6) is -1.39. The minimum absolute atomic E-state index is 0.141. The average molecular weight is 463 g/mol. The Kier molecular flexibility index (Phi) is 7.29. The van der Waals surface area contributed by atoms with Crippen molar-refractivity contribution in [3.05, 3.63) is 48.1 Å². The Morgan fingerprint density at radius 3 is 2.73 bits per heavy atom. The van der Waals surface area contributed by atoms with Crippen LogP contribution in [0.25, 0.3) is 11.0 Å². The summed E-state index contributed by atoms with van der Waals surface area (Å²) in [6.45, 7) is 9.16. The molecule has 1 unspecified atom stereocenters. The van der Waals surface area contributed by atoms with Crippen LogP contribution in [0.2, 0.25) is 0 Å². The first kappa shape index (κ1) is 24.5. The molecule has 2 atom stereocenters. The second kappa shape index (κ2) is 9.80. The number of anilines is 1. The van der Waals surface area contributed by atoms with Gasteiger partial charge in [-0.05, 0) is 56.9 Å². The molecule has 1 aliphatic heterocycles. The van der Waals surface area contributed by atoms with E-state index in [1.54, 1.807) is 11.8 Å². The number of allylic oxidation sites excluding steroid dienone is 1. The van der Waals surface area contributed by atoms with Crippen LogP contribution in [0.1, 0.15) is 44.7 Å². The van der Waals surface area contributed by atoms with Crippen molar-refractivity contribution in [3.8, 4) is 0 Å². The summed E-state index contributed by atoms with van der Waals surface area (Å²) in [5, 5.41) is 2.76. The second-order valence-electron chi connectivity index (χ2n) is 8.43. The van der Waals surface area contributed by atoms with Crippen LogP contribution in [0.3, 0.4) is 0 Å². The van der Waals surface area contributed by atoms with E-state index in [9.17, 15) is 22.8 Å². The summed E-state index contributed by atoms with van der Waals surface area (Å²) in [7, 11) is 0. The third-order valence-electron chi connectivity index (χ3n) is 6.00. The van der Waals surface area contributed by atoms with Crippen LogP contribution in [0.15, 0.2) is 42.5 Å². The quantitative estimate of drug-likeness (QED) is 0.476. The minimum Gasteiger partial charge on any atom is -0.337 e. The zero-order valence-electron chi connectivity index (χ0n) is 19.1. The van der Waals surface area contributed by atoms with Gasteiger partial charge in [-0.1, -0.05) is 25.6 Å². The molecule has 2 heterocycles. The summed E-state index contributed by atoms with van der Waals surface area (Å²) in [6, 6.07) is 5.60. The molecule has 9 heteroatoms. The Hall–Kier alpha value is -3.10. The highest BCUT2D eigenvalue weighted by atomic mass is 19.4. The summed E-state index contributed by atoms with van der Waals surface area (Å²) in [4.78, 5) is 31.4. The topological polar surface area (TPSA) is 67.2 Å². The summed E-state index contributed by atoms with van der Waals surface area (Å²) >= 11 is 0. The lowest BCUT2D eigenvalue weighted by Crippen LogP contribution is -2.40. The number of nitrogens with zero attached hydrogens (tertiary/aromatic N) is 3. The van der Waals surface area contributed by atoms with Crippen LogP contribution in [0.4, 0.5) is 19.1 Å². The smallest absolute Gasteiger partial charge is 0.337 e. The van der Waals surface area contributed by atoms with Crippen LogP contribution in [0, 0.1) is 12.8 Å². The van der Waals surface area contributed by atoms with Gasteiger partial charge in [0.25, 0.3) is 0 Å². The molecule has 0 radical (unpaired) electrons. The number of aromatic nitrogens is 2. The predicted octanol–water partition coefficient (Wildman–Crippen LogP) is 5.17. The van der Waals surface area contributed by atoms with Crippen LogP contribution in [-0.2, 0) is 9.59 Å². The van der Waals surface area contributed by atoms with E-state index in [0.717, 1.165) is 36.9 Å². The monoisotopic (exact) mass is 462 g/mol. The number of piperidine rings is 1. The number of imidazole rings is 1. The van der Waals surface area contributed by atoms with Crippen LogP contribution >= 0.6 is 0 Å². The van der Waals surface area contributed by atoms with Gasteiger partial charge in [0.15, 0.2) is 0 Å². The third kappa shape index (κ3) is 5.46. The van der Waals surface area contributed by atoms with Gasteiger partial charge in [0.2, 0.25) is 17.8 Å². The number of hydrogen-bond donors (Lipinski definition) is 1. The van der Waals surface area contributed by atoms with Gasteiger partial charge in [-0.3, -0.25) is 14.9 Å². The van der Waals surface area contributed by atoms with E-state index in [2.05, 4.69) is 16.9 Å². The zero-order chi connectivity index (χ0) is 24.3. The van der Waals surface area contributed by atoms with Gasteiger partial charge in [-0.15, -0.1) is 0 Å². The fraction of sp³-hybridized carbons (Fsp3) is 0.458. The molecular weight excluding hydrogens is 433 g/mol. The van der Waals surface area contributed by atoms with E-state index in [4.69, 9.17) is 0 Å². The molecule has 0 bridgehead atoms. The SMILES string of the molecule is C=CC(=O)N1CCC[C@H](n2c(NC(=O)C(/C=C(\C)C(F)(F)F)CC)nc3cc(C)ccc32)C1. The number of halogens is 3. The van der Waals surface area contributed by atoms with Crippen molar-refractivity contribution in [3.63, 3.8) is 0 Å². The van der Waals surface area contributed by atoms with Gasteiger partial charge >= 0.3 is 6.18 Å². The molecule has 33 heavy (non-hydrogen) atoms. The van der Waals surface area contributed by atoms with Crippen molar-refractivity contribution in [2.24, 2.45) is 5.92 Å². The van der Waals surface area contributed by atoms with Gasteiger partial charge in [0.1, 0.15) is 0 Å². The Bertz CT molecular complexity index is 1090. The Morgan fingerprint density at radius 1 is 1.36 bits per heavy atom. The van der Waals surface area contributed by atoms with E-state index in [-0.39, 0.29) is 24.3 Å². The number of hydrogen-bond acceptors (Lipinski definition) is 3. The van der Waals surface area contributed by atoms with E-state index in [0.29, 0.717) is 18.6 Å². The number of benzene rings is 1. The molecule has 1 N–H and O–H groups in total. The van der Waals surface area contributed by atoms with E-state index in [1.165, 1.54) is 6.08 Å². The van der Waals surface area contributed by atoms with Crippen LogP contribution in [0.5, 0.6) is 0 Å². The Labute approximate surface area is 191 Å². The van der Waals surface area contributed by atoms with Crippen LogP contribution in [-0.4, -0.2) is 45.5 Å². The maximum Gasteiger partial charge on any atom is 0.412 e. The van der Waals surface area contributed by atoms with E-state index >= 15 is 0 Å². The molecule has 0 spiro atoms. The number of alkyl halides is 3. The highest BCUT2D eigenvalue weighted by molar-refractivity contribution is 5.94. The maximum absolute atomic E-state index is 13.0. The van der Waals surface area contributed by atoms with E-state index < -0.39 is 23.6 Å². The van der Waals surface area contributed by atoms with Crippen molar-refractivity contribution in [1.29, 1.82) is 0 Å².